The van der Waals surface area contributed by atoms with Crippen LogP contribution in [0.1, 0.15) is 45.3 Å². The van der Waals surface area contributed by atoms with Crippen molar-refractivity contribution in [3.63, 3.8) is 0 Å². The fourth-order valence-electron chi connectivity index (χ4n) is 6.32. The zero-order chi connectivity index (χ0) is 30.8. The van der Waals surface area contributed by atoms with Gasteiger partial charge < -0.3 is 5.11 Å². The normalized spacial score (nSPS) is 22.4. The number of nitriles is 2. The number of hydrogen-bond acceptors (Lipinski definition) is 8. The maximum absolute atomic E-state index is 14.5. The van der Waals surface area contributed by atoms with Crippen molar-refractivity contribution in [2.75, 3.05) is 0 Å². The van der Waals surface area contributed by atoms with Crippen molar-refractivity contribution in [1.82, 2.24) is 0 Å². The summed E-state index contributed by atoms with van der Waals surface area (Å²) in [7, 11) is 0. The Labute approximate surface area is 246 Å². The highest BCUT2D eigenvalue weighted by Gasteiger charge is 2.64. The Bertz CT molecular complexity index is 1750. The Morgan fingerprint density at radius 3 is 1.67 bits per heavy atom. The highest BCUT2D eigenvalue weighted by molar-refractivity contribution is 5.99. The van der Waals surface area contributed by atoms with Crippen molar-refractivity contribution in [2.45, 2.75) is 23.9 Å². The number of Topliss-reactive ketones (excluding diaryl/α,β-unsaturated/α-hetero) is 1. The van der Waals surface area contributed by atoms with E-state index >= 15 is 0 Å². The SMILES string of the molecule is N#CC1(C#N)C(c2ccc([N+](=O)[O-])cc2)CC(O)(c2ccccc2)C(C(=O)c2ccccc2)C1c1ccc([N+](=O)[O-])cc1. The lowest BCUT2D eigenvalue weighted by molar-refractivity contribution is -0.385. The van der Waals surface area contributed by atoms with E-state index in [1.807, 2.05) is 0 Å². The van der Waals surface area contributed by atoms with Gasteiger partial charge in [-0.15, -0.1) is 0 Å². The van der Waals surface area contributed by atoms with E-state index in [-0.39, 0.29) is 28.9 Å². The van der Waals surface area contributed by atoms with E-state index in [9.17, 15) is 40.7 Å². The van der Waals surface area contributed by atoms with Crippen LogP contribution < -0.4 is 0 Å². The molecule has 1 saturated carbocycles. The molecule has 0 spiro atoms. The molecule has 4 unspecified atom stereocenters. The van der Waals surface area contributed by atoms with E-state index in [4.69, 9.17) is 0 Å². The minimum atomic E-state index is -1.97. The number of nitro groups is 2. The molecule has 1 N–H and O–H groups in total. The number of benzene rings is 4. The zero-order valence-electron chi connectivity index (χ0n) is 22.6. The van der Waals surface area contributed by atoms with E-state index in [0.29, 0.717) is 11.1 Å². The third kappa shape index (κ3) is 4.90. The van der Waals surface area contributed by atoms with Gasteiger partial charge in [0.15, 0.2) is 11.2 Å². The first kappa shape index (κ1) is 28.8. The molecule has 4 aromatic carbocycles. The molecule has 0 bridgehead atoms. The summed E-state index contributed by atoms with van der Waals surface area (Å²) >= 11 is 0. The highest BCUT2D eigenvalue weighted by Crippen LogP contribution is 2.63. The molecule has 10 heteroatoms. The van der Waals surface area contributed by atoms with Gasteiger partial charge in [0.1, 0.15) is 5.60 Å². The lowest BCUT2D eigenvalue weighted by Crippen LogP contribution is -2.55. The van der Waals surface area contributed by atoms with Crippen LogP contribution in [-0.2, 0) is 5.60 Å². The fourth-order valence-corrected chi connectivity index (χ4v) is 6.32. The molecular weight excluding hydrogens is 548 g/mol. The van der Waals surface area contributed by atoms with Crippen LogP contribution >= 0.6 is 0 Å². The predicted molar refractivity (Wildman–Crippen MR) is 155 cm³/mol. The van der Waals surface area contributed by atoms with Crippen LogP contribution in [0.5, 0.6) is 0 Å². The summed E-state index contributed by atoms with van der Waals surface area (Å²) in [6, 6.07) is 31.8. The molecule has 0 aromatic heterocycles. The highest BCUT2D eigenvalue weighted by atomic mass is 16.6. The second-order valence-corrected chi connectivity index (χ2v) is 10.5. The molecule has 0 heterocycles. The van der Waals surface area contributed by atoms with E-state index in [2.05, 4.69) is 12.1 Å². The van der Waals surface area contributed by atoms with Crippen LogP contribution in [0.15, 0.2) is 109 Å². The van der Waals surface area contributed by atoms with Crippen LogP contribution in [0.2, 0.25) is 0 Å². The maximum atomic E-state index is 14.5. The number of rotatable bonds is 7. The van der Waals surface area contributed by atoms with Crippen molar-refractivity contribution in [2.24, 2.45) is 11.3 Å². The smallest absolute Gasteiger partial charge is 0.269 e. The minimum absolute atomic E-state index is 0.193. The molecule has 4 aromatic rings. The van der Waals surface area contributed by atoms with E-state index in [1.165, 1.54) is 48.5 Å². The van der Waals surface area contributed by atoms with Crippen molar-refractivity contribution < 1.29 is 19.7 Å². The maximum Gasteiger partial charge on any atom is 0.269 e. The van der Waals surface area contributed by atoms with Crippen molar-refractivity contribution in [3.05, 3.63) is 152 Å². The summed E-state index contributed by atoms with van der Waals surface area (Å²) in [5.74, 6) is -4.16. The van der Waals surface area contributed by atoms with Crippen molar-refractivity contribution in [3.8, 4) is 12.1 Å². The molecule has 0 aliphatic heterocycles. The number of nitro benzene ring substituents is 2. The molecule has 43 heavy (non-hydrogen) atoms. The van der Waals surface area contributed by atoms with Crippen LogP contribution in [0.4, 0.5) is 11.4 Å². The molecule has 1 aliphatic carbocycles. The van der Waals surface area contributed by atoms with E-state index in [1.54, 1.807) is 60.7 Å². The number of nitrogens with zero attached hydrogens (tertiary/aromatic N) is 4. The Morgan fingerprint density at radius 2 is 1.21 bits per heavy atom. The predicted octanol–water partition coefficient (Wildman–Crippen LogP) is 6.19. The number of hydrogen-bond donors (Lipinski definition) is 1. The molecule has 1 aliphatic rings. The summed E-state index contributed by atoms with van der Waals surface area (Å²) in [5.41, 5.74) is -3.01. The fraction of sp³-hybridized carbons (Fsp3) is 0.182. The Balaban J connectivity index is 1.83. The molecule has 0 radical (unpaired) electrons. The lowest BCUT2D eigenvalue weighted by Gasteiger charge is -2.53. The molecule has 10 nitrogen and oxygen atoms in total. The monoisotopic (exact) mass is 572 g/mol. The summed E-state index contributed by atoms with van der Waals surface area (Å²) in [6.45, 7) is 0. The van der Waals surface area contributed by atoms with Gasteiger partial charge in [-0.05, 0) is 23.1 Å². The van der Waals surface area contributed by atoms with E-state index in [0.717, 1.165) is 0 Å². The molecule has 4 atom stereocenters. The Morgan fingerprint density at radius 1 is 0.744 bits per heavy atom. The van der Waals surface area contributed by atoms with E-state index < -0.39 is 44.4 Å². The summed E-state index contributed by atoms with van der Waals surface area (Å²) < 4.78 is 0. The van der Waals surface area contributed by atoms with Crippen LogP contribution in [-0.4, -0.2) is 20.7 Å². The van der Waals surface area contributed by atoms with Crippen LogP contribution in [0.3, 0.4) is 0 Å². The average molecular weight is 573 g/mol. The van der Waals surface area contributed by atoms with Gasteiger partial charge in [-0.1, -0.05) is 84.9 Å². The first-order valence-electron chi connectivity index (χ1n) is 13.3. The van der Waals surface area contributed by atoms with Gasteiger partial charge in [-0.2, -0.15) is 10.5 Å². The Kier molecular flexibility index (Phi) is 7.56. The third-order valence-electron chi connectivity index (χ3n) is 8.36. The topological polar surface area (TPSA) is 171 Å². The molecule has 0 amide bonds. The van der Waals surface area contributed by atoms with Gasteiger partial charge in [0.2, 0.25) is 0 Å². The number of carbonyl (C=O) groups excluding carboxylic acids is 1. The number of carbonyl (C=O) groups is 1. The van der Waals surface area contributed by atoms with Crippen molar-refractivity contribution >= 4 is 17.2 Å². The van der Waals surface area contributed by atoms with Gasteiger partial charge in [0.25, 0.3) is 11.4 Å². The molecule has 5 rings (SSSR count). The standard InChI is InChI=1S/C33H24N4O6/c34-20-32(21-35)28(22-11-15-26(16-12-22)36(40)41)19-33(39,25-9-5-2-6-10-25)30(31(38)24-7-3-1-4-8-24)29(32)23-13-17-27(18-14-23)37(42)43/h1-18,28-30,39H,19H2. The second-order valence-electron chi connectivity index (χ2n) is 10.5. The molecule has 1 fully saturated rings. The van der Waals surface area contributed by atoms with Crippen molar-refractivity contribution in [1.29, 1.82) is 10.5 Å². The quantitative estimate of drug-likeness (QED) is 0.155. The molecule has 0 saturated heterocycles. The van der Waals surface area contributed by atoms with Crippen LogP contribution in [0, 0.1) is 54.2 Å². The summed E-state index contributed by atoms with van der Waals surface area (Å²) in [6.07, 6.45) is -0.233. The second kappa shape index (κ2) is 11.3. The first-order valence-corrected chi connectivity index (χ1v) is 13.3. The Hall–Kier alpha value is -5.71. The third-order valence-corrected chi connectivity index (χ3v) is 8.36. The average Bonchev–Trinajstić information content (AvgIpc) is 3.05. The number of aliphatic hydroxyl groups is 1. The van der Waals surface area contributed by atoms with Crippen LogP contribution in [0.25, 0.3) is 0 Å². The first-order chi connectivity index (χ1) is 20.7. The summed E-state index contributed by atoms with van der Waals surface area (Å²) in [4.78, 5) is 36.1. The summed E-state index contributed by atoms with van der Waals surface area (Å²) in [5, 5.41) is 57.2. The van der Waals surface area contributed by atoms with Gasteiger partial charge in [0, 0.05) is 41.7 Å². The van der Waals surface area contributed by atoms with Gasteiger partial charge in [-0.3, -0.25) is 25.0 Å². The molecule has 212 valence electrons. The lowest BCUT2D eigenvalue weighted by atomic mass is 9.48. The van der Waals surface area contributed by atoms with Gasteiger partial charge in [-0.25, -0.2) is 0 Å². The zero-order valence-corrected chi connectivity index (χ0v) is 22.6. The molecular formula is C33H24N4O6. The number of ketones is 1. The van der Waals surface area contributed by atoms with Gasteiger partial charge in [0.05, 0.1) is 27.9 Å². The minimum Gasteiger partial charge on any atom is -0.384 e. The number of non-ortho nitro benzene ring substituents is 2. The largest absolute Gasteiger partial charge is 0.384 e. The van der Waals surface area contributed by atoms with Gasteiger partial charge >= 0.3 is 0 Å².